The number of hydrogen-bond acceptors (Lipinski definition) is 2. The van der Waals surface area contributed by atoms with Crippen molar-refractivity contribution in [3.63, 3.8) is 0 Å². The second-order valence-corrected chi connectivity index (χ2v) is 8.46. The number of rotatable bonds is 4. The number of sulfonamides is 1. The first-order chi connectivity index (χ1) is 8.99. The molecule has 0 N–H and O–H groups in total. The molecule has 1 aliphatic heterocycles. The molecule has 1 heterocycles. The predicted molar refractivity (Wildman–Crippen MR) is 82.0 cm³/mol. The molecule has 0 radical (unpaired) electrons. The molecule has 1 fully saturated rings. The van der Waals surface area contributed by atoms with Gasteiger partial charge in [0, 0.05) is 17.9 Å². The van der Waals surface area contributed by atoms with Crippen LogP contribution in [0.4, 0.5) is 0 Å². The van der Waals surface area contributed by atoms with E-state index >= 15 is 0 Å². The summed E-state index contributed by atoms with van der Waals surface area (Å²) in [5, 5.41) is 0. The highest BCUT2D eigenvalue weighted by Gasteiger charge is 2.31. The number of halogens is 1. The van der Waals surface area contributed by atoms with E-state index in [2.05, 4.69) is 22.9 Å². The van der Waals surface area contributed by atoms with Gasteiger partial charge in [0.05, 0.1) is 5.75 Å². The van der Waals surface area contributed by atoms with Crippen molar-refractivity contribution < 1.29 is 8.42 Å². The van der Waals surface area contributed by atoms with Crippen molar-refractivity contribution >= 4 is 26.0 Å². The van der Waals surface area contributed by atoms with Crippen molar-refractivity contribution in [2.45, 2.75) is 24.6 Å². The van der Waals surface area contributed by atoms with E-state index in [0.29, 0.717) is 25.4 Å². The lowest BCUT2D eigenvalue weighted by atomic mass is 10.0. The van der Waals surface area contributed by atoms with Crippen molar-refractivity contribution in [2.24, 2.45) is 5.92 Å². The second-order valence-electron chi connectivity index (χ2n) is 5.19. The molecule has 1 saturated heterocycles. The fraction of sp³-hybridized carbons (Fsp3) is 0.571. The van der Waals surface area contributed by atoms with Crippen LogP contribution in [0.5, 0.6) is 0 Å². The van der Waals surface area contributed by atoms with Gasteiger partial charge in [0.1, 0.15) is 0 Å². The summed E-state index contributed by atoms with van der Waals surface area (Å²) in [6.45, 7) is 3.41. The molecular weight excluding hydrogens is 326 g/mol. The van der Waals surface area contributed by atoms with Crippen LogP contribution in [-0.4, -0.2) is 36.4 Å². The molecule has 106 valence electrons. The van der Waals surface area contributed by atoms with E-state index in [9.17, 15) is 8.42 Å². The van der Waals surface area contributed by atoms with Gasteiger partial charge in [-0.1, -0.05) is 53.2 Å². The van der Waals surface area contributed by atoms with Gasteiger partial charge in [-0.05, 0) is 24.3 Å². The highest BCUT2D eigenvalue weighted by molar-refractivity contribution is 9.09. The molecule has 0 spiro atoms. The Morgan fingerprint density at radius 3 is 2.63 bits per heavy atom. The van der Waals surface area contributed by atoms with Gasteiger partial charge in [-0.3, -0.25) is 0 Å². The summed E-state index contributed by atoms with van der Waals surface area (Å²) in [6.07, 6.45) is 1.52. The SMILES string of the molecule is CC1CCN(S(=O)(=O)CCc2ccccc2)CC1Br. The van der Waals surface area contributed by atoms with E-state index in [1.807, 2.05) is 30.3 Å². The van der Waals surface area contributed by atoms with Crippen LogP contribution in [0.3, 0.4) is 0 Å². The first-order valence-corrected chi connectivity index (χ1v) is 9.17. The lowest BCUT2D eigenvalue weighted by Gasteiger charge is -2.33. The monoisotopic (exact) mass is 345 g/mol. The maximum Gasteiger partial charge on any atom is 0.214 e. The van der Waals surface area contributed by atoms with Crippen LogP contribution < -0.4 is 0 Å². The van der Waals surface area contributed by atoms with Gasteiger partial charge < -0.3 is 0 Å². The number of hydrogen-bond donors (Lipinski definition) is 0. The topological polar surface area (TPSA) is 37.4 Å². The number of benzene rings is 1. The normalized spacial score (nSPS) is 25.4. The molecule has 1 aromatic carbocycles. The Hall–Kier alpha value is -0.390. The van der Waals surface area contributed by atoms with Crippen molar-refractivity contribution in [3.8, 4) is 0 Å². The molecule has 0 saturated carbocycles. The lowest BCUT2D eigenvalue weighted by molar-refractivity contribution is 0.300. The molecule has 0 amide bonds. The molecule has 19 heavy (non-hydrogen) atoms. The molecule has 0 aliphatic carbocycles. The van der Waals surface area contributed by atoms with E-state index < -0.39 is 10.0 Å². The third-order valence-corrected chi connectivity index (χ3v) is 6.74. The minimum absolute atomic E-state index is 0.200. The third-order valence-electron chi connectivity index (χ3n) is 3.71. The minimum atomic E-state index is -3.13. The summed E-state index contributed by atoms with van der Waals surface area (Å²) in [5.74, 6) is 0.742. The van der Waals surface area contributed by atoms with Gasteiger partial charge >= 0.3 is 0 Å². The largest absolute Gasteiger partial charge is 0.214 e. The average Bonchev–Trinajstić information content (AvgIpc) is 2.41. The molecule has 5 heteroatoms. The molecular formula is C14H20BrNO2S. The van der Waals surface area contributed by atoms with E-state index in [0.717, 1.165) is 12.0 Å². The van der Waals surface area contributed by atoms with Gasteiger partial charge in [-0.15, -0.1) is 0 Å². The Bertz CT molecular complexity index is 503. The summed E-state index contributed by atoms with van der Waals surface area (Å²) in [6, 6.07) is 9.78. The number of nitrogens with zero attached hydrogens (tertiary/aromatic N) is 1. The number of alkyl halides is 1. The zero-order chi connectivity index (χ0) is 13.9. The van der Waals surface area contributed by atoms with E-state index in [-0.39, 0.29) is 10.6 Å². The smallest absolute Gasteiger partial charge is 0.212 e. The van der Waals surface area contributed by atoms with Crippen LogP contribution in [-0.2, 0) is 16.4 Å². The number of aryl methyl sites for hydroxylation is 1. The molecule has 0 aromatic heterocycles. The molecule has 2 unspecified atom stereocenters. The van der Waals surface area contributed by atoms with Crippen LogP contribution in [0.1, 0.15) is 18.9 Å². The molecule has 3 nitrogen and oxygen atoms in total. The fourth-order valence-electron chi connectivity index (χ4n) is 2.27. The molecule has 0 bridgehead atoms. The summed E-state index contributed by atoms with van der Waals surface area (Å²) in [4.78, 5) is 0.271. The highest BCUT2D eigenvalue weighted by Crippen LogP contribution is 2.25. The van der Waals surface area contributed by atoms with Crippen LogP contribution in [0.25, 0.3) is 0 Å². The predicted octanol–water partition coefficient (Wildman–Crippen LogP) is 2.66. The molecule has 2 atom stereocenters. The lowest BCUT2D eigenvalue weighted by Crippen LogP contribution is -2.44. The van der Waals surface area contributed by atoms with Crippen LogP contribution in [0.2, 0.25) is 0 Å². The molecule has 1 aliphatic rings. The fourth-order valence-corrected chi connectivity index (χ4v) is 4.60. The van der Waals surface area contributed by atoms with Gasteiger partial charge in [0.2, 0.25) is 10.0 Å². The van der Waals surface area contributed by atoms with Gasteiger partial charge in [0.15, 0.2) is 0 Å². The van der Waals surface area contributed by atoms with Crippen molar-refractivity contribution in [3.05, 3.63) is 35.9 Å². The Balaban J connectivity index is 1.95. The maximum absolute atomic E-state index is 12.3. The first kappa shape index (κ1) is 15.0. The summed E-state index contributed by atoms with van der Waals surface area (Å²) in [7, 11) is -3.13. The summed E-state index contributed by atoms with van der Waals surface area (Å²) < 4.78 is 26.3. The zero-order valence-corrected chi connectivity index (χ0v) is 13.5. The Morgan fingerprint density at radius 1 is 1.32 bits per heavy atom. The van der Waals surface area contributed by atoms with Crippen molar-refractivity contribution in [2.75, 3.05) is 18.8 Å². The van der Waals surface area contributed by atoms with Crippen molar-refractivity contribution in [1.82, 2.24) is 4.31 Å². The van der Waals surface area contributed by atoms with E-state index in [1.165, 1.54) is 0 Å². The molecule has 2 rings (SSSR count). The average molecular weight is 346 g/mol. The maximum atomic E-state index is 12.3. The van der Waals surface area contributed by atoms with Gasteiger partial charge in [0.25, 0.3) is 0 Å². The van der Waals surface area contributed by atoms with Crippen LogP contribution in [0.15, 0.2) is 30.3 Å². The van der Waals surface area contributed by atoms with Crippen LogP contribution >= 0.6 is 15.9 Å². The Kier molecular flexibility index (Phi) is 5.03. The van der Waals surface area contributed by atoms with Crippen LogP contribution in [0, 0.1) is 5.92 Å². The molecule has 1 aromatic rings. The van der Waals surface area contributed by atoms with Gasteiger partial charge in [-0.25, -0.2) is 12.7 Å². The van der Waals surface area contributed by atoms with Gasteiger partial charge in [-0.2, -0.15) is 0 Å². The standard InChI is InChI=1S/C14H20BrNO2S/c1-12-7-9-16(11-14(12)15)19(17,18)10-8-13-5-3-2-4-6-13/h2-6,12,14H,7-11H2,1H3. The minimum Gasteiger partial charge on any atom is -0.212 e. The number of piperidine rings is 1. The van der Waals surface area contributed by atoms with E-state index in [1.54, 1.807) is 4.31 Å². The summed E-state index contributed by atoms with van der Waals surface area (Å²) >= 11 is 3.58. The quantitative estimate of drug-likeness (QED) is 0.786. The Morgan fingerprint density at radius 2 is 2.00 bits per heavy atom. The highest BCUT2D eigenvalue weighted by atomic mass is 79.9. The van der Waals surface area contributed by atoms with Crippen molar-refractivity contribution in [1.29, 1.82) is 0 Å². The second kappa shape index (κ2) is 6.37. The first-order valence-electron chi connectivity index (χ1n) is 6.65. The Labute approximate surface area is 124 Å². The van der Waals surface area contributed by atoms with E-state index in [4.69, 9.17) is 0 Å². The zero-order valence-electron chi connectivity index (χ0n) is 11.1. The summed E-state index contributed by atoms with van der Waals surface area (Å²) in [5.41, 5.74) is 1.08. The third kappa shape index (κ3) is 4.04.